The second kappa shape index (κ2) is 4.00. The van der Waals surface area contributed by atoms with Crippen LogP contribution in [0.3, 0.4) is 0 Å². The van der Waals surface area contributed by atoms with Gasteiger partial charge in [-0.25, -0.2) is 0 Å². The fraction of sp³-hybridized carbons (Fsp3) is 1.00. The van der Waals surface area contributed by atoms with E-state index in [1.54, 1.807) is 14.2 Å². The molecule has 3 nitrogen and oxygen atoms in total. The third-order valence-corrected chi connectivity index (χ3v) is 4.42. The molecule has 2 aliphatic rings. The Morgan fingerprint density at radius 1 is 1.44 bits per heavy atom. The van der Waals surface area contributed by atoms with Crippen LogP contribution in [0.4, 0.5) is 0 Å². The van der Waals surface area contributed by atoms with Crippen LogP contribution in [0.2, 0.25) is 0 Å². The third-order valence-electron chi connectivity index (χ3n) is 4.42. The second-order valence-electron chi connectivity index (χ2n) is 5.54. The smallest absolute Gasteiger partial charge is 0.109 e. The minimum Gasteiger partial charge on any atom is -0.382 e. The van der Waals surface area contributed by atoms with Gasteiger partial charge < -0.3 is 14.2 Å². The normalized spacial score (nSPS) is 51.9. The average molecular weight is 224 g/mol. The van der Waals surface area contributed by atoms with Crippen LogP contribution in [0.5, 0.6) is 0 Å². The summed E-state index contributed by atoms with van der Waals surface area (Å²) in [5, 5.41) is 0. The minimum atomic E-state index is -0.217. The van der Waals surface area contributed by atoms with Gasteiger partial charge in [0.25, 0.3) is 0 Å². The van der Waals surface area contributed by atoms with Crippen LogP contribution in [0, 0.1) is 11.8 Å². The maximum Gasteiger partial charge on any atom is 0.109 e. The van der Waals surface area contributed by atoms with E-state index in [0.29, 0.717) is 18.4 Å². The van der Waals surface area contributed by atoms with Crippen LogP contribution < -0.4 is 0 Å². The molecule has 3 unspecified atom stereocenters. The largest absolute Gasteiger partial charge is 0.382 e. The van der Waals surface area contributed by atoms with Crippen LogP contribution in [0.1, 0.15) is 26.7 Å². The number of hydrogen-bond acceptors (Lipinski definition) is 3. The highest BCUT2D eigenvalue weighted by Crippen LogP contribution is 2.57. The van der Waals surface area contributed by atoms with Gasteiger partial charge in [0.2, 0.25) is 0 Å². The van der Waals surface area contributed by atoms with Crippen molar-refractivity contribution in [2.75, 3.05) is 20.8 Å². The van der Waals surface area contributed by atoms with E-state index in [9.17, 15) is 0 Å². The van der Waals surface area contributed by atoms with Crippen LogP contribution in [0.15, 0.2) is 0 Å². The Labute approximate surface area is 99.2 Å². The predicted octanol–water partition coefficient (Wildman–Crippen LogP) is 1.35. The lowest BCUT2D eigenvalue weighted by Gasteiger charge is -2.64. The summed E-state index contributed by atoms with van der Waals surface area (Å²) in [6, 6.07) is -0.173. The molecule has 16 heavy (non-hydrogen) atoms. The molecule has 0 aromatic carbocycles. The van der Waals surface area contributed by atoms with Crippen LogP contribution in [-0.4, -0.2) is 45.9 Å². The molecule has 2 rings (SSSR count). The van der Waals surface area contributed by atoms with Crippen molar-refractivity contribution in [3.63, 3.8) is 0 Å². The lowest BCUT2D eigenvalue weighted by atomic mass is 9.53. The lowest BCUT2D eigenvalue weighted by molar-refractivity contribution is -0.311. The average Bonchev–Trinajstić information content (AvgIpc) is 2.23. The molecule has 1 aliphatic carbocycles. The predicted molar refractivity (Wildman–Crippen MR) is 62.5 cm³/mol. The Bertz CT molecular complexity index is 269. The van der Waals surface area contributed by atoms with Crippen molar-refractivity contribution < 1.29 is 14.2 Å². The molecular formula is C12H21BO3. The molecule has 0 N–H and O–H groups in total. The van der Waals surface area contributed by atoms with Crippen LogP contribution >= 0.6 is 0 Å². The Balaban J connectivity index is 2.17. The summed E-state index contributed by atoms with van der Waals surface area (Å²) in [4.78, 5) is 0. The summed E-state index contributed by atoms with van der Waals surface area (Å²) in [7, 11) is 9.47. The van der Waals surface area contributed by atoms with Gasteiger partial charge in [0.15, 0.2) is 0 Å². The first kappa shape index (κ1) is 12.4. The summed E-state index contributed by atoms with van der Waals surface area (Å²) in [5.74, 6) is 0.768. The molecular weight excluding hydrogens is 203 g/mol. The standard InChI is InChI=1S/C12H21BO3/c1-8-5-9-11(2,15-4)6-12(9,7-14-3)16-10(8)13/h8-10H,5-7H2,1-4H3/t8?,9?,10-,11?,12-/m1/s1. The maximum atomic E-state index is 6.00. The molecule has 0 bridgehead atoms. The van der Waals surface area contributed by atoms with Gasteiger partial charge in [0.1, 0.15) is 7.85 Å². The van der Waals surface area contributed by atoms with Gasteiger partial charge in [-0.2, -0.15) is 0 Å². The van der Waals surface area contributed by atoms with Crippen molar-refractivity contribution in [3.05, 3.63) is 0 Å². The van der Waals surface area contributed by atoms with Gasteiger partial charge in [-0.15, -0.1) is 0 Å². The quantitative estimate of drug-likeness (QED) is 0.677. The van der Waals surface area contributed by atoms with Crippen LogP contribution in [-0.2, 0) is 14.2 Å². The van der Waals surface area contributed by atoms with Crippen molar-refractivity contribution in [2.45, 2.75) is 43.9 Å². The van der Waals surface area contributed by atoms with Crippen molar-refractivity contribution in [1.82, 2.24) is 0 Å². The van der Waals surface area contributed by atoms with Gasteiger partial charge in [-0.3, -0.25) is 0 Å². The first-order valence-corrected chi connectivity index (χ1v) is 5.95. The van der Waals surface area contributed by atoms with Crippen molar-refractivity contribution in [1.29, 1.82) is 0 Å². The fourth-order valence-electron chi connectivity index (χ4n) is 3.39. The zero-order valence-corrected chi connectivity index (χ0v) is 10.7. The number of rotatable bonds is 3. The minimum absolute atomic E-state index is 0.0765. The molecule has 1 saturated carbocycles. The number of hydrogen-bond donors (Lipinski definition) is 0. The highest BCUT2D eigenvalue weighted by Gasteiger charge is 2.65. The summed E-state index contributed by atoms with van der Waals surface area (Å²) in [6.45, 7) is 4.89. The topological polar surface area (TPSA) is 27.7 Å². The highest BCUT2D eigenvalue weighted by molar-refractivity contribution is 6.11. The maximum absolute atomic E-state index is 6.00. The van der Waals surface area contributed by atoms with E-state index in [2.05, 4.69) is 13.8 Å². The van der Waals surface area contributed by atoms with Crippen molar-refractivity contribution in [3.8, 4) is 0 Å². The Morgan fingerprint density at radius 2 is 2.12 bits per heavy atom. The molecule has 4 heteroatoms. The second-order valence-corrected chi connectivity index (χ2v) is 5.54. The monoisotopic (exact) mass is 224 g/mol. The third kappa shape index (κ3) is 1.62. The van der Waals surface area contributed by atoms with Crippen molar-refractivity contribution >= 4 is 7.85 Å². The molecule has 0 aromatic heterocycles. The van der Waals surface area contributed by atoms with Crippen molar-refractivity contribution in [2.24, 2.45) is 11.8 Å². The van der Waals surface area contributed by atoms with Gasteiger partial charge in [0.05, 0.1) is 17.8 Å². The van der Waals surface area contributed by atoms with Gasteiger partial charge in [-0.05, 0) is 19.3 Å². The molecule has 90 valence electrons. The Hall–Kier alpha value is -0.0551. The van der Waals surface area contributed by atoms with Gasteiger partial charge >= 0.3 is 0 Å². The van der Waals surface area contributed by atoms with E-state index >= 15 is 0 Å². The van der Waals surface area contributed by atoms with Gasteiger partial charge in [0, 0.05) is 32.6 Å². The Kier molecular flexibility index (Phi) is 3.10. The Morgan fingerprint density at radius 3 is 2.69 bits per heavy atom. The van der Waals surface area contributed by atoms with Gasteiger partial charge in [-0.1, -0.05) is 6.92 Å². The summed E-state index contributed by atoms with van der Waals surface area (Å²) < 4.78 is 16.9. The molecule has 2 fully saturated rings. The first-order valence-electron chi connectivity index (χ1n) is 5.95. The number of ether oxygens (including phenoxy) is 3. The van der Waals surface area contributed by atoms with E-state index in [1.165, 1.54) is 0 Å². The number of fused-ring (bicyclic) bond motifs is 1. The summed E-state index contributed by atoms with van der Waals surface area (Å²) in [6.07, 6.45) is 1.92. The zero-order chi connectivity index (χ0) is 12.0. The van der Waals surface area contributed by atoms with Crippen LogP contribution in [0.25, 0.3) is 0 Å². The van der Waals surface area contributed by atoms with E-state index < -0.39 is 0 Å². The molecule has 0 spiro atoms. The molecule has 0 aromatic rings. The molecule has 5 atom stereocenters. The van der Waals surface area contributed by atoms with E-state index in [1.807, 2.05) is 0 Å². The zero-order valence-electron chi connectivity index (χ0n) is 10.7. The molecule has 0 amide bonds. The summed E-state index contributed by atoms with van der Waals surface area (Å²) >= 11 is 0. The van der Waals surface area contributed by atoms with E-state index in [4.69, 9.17) is 22.1 Å². The first-order chi connectivity index (χ1) is 7.47. The van der Waals surface area contributed by atoms with E-state index in [0.717, 1.165) is 12.8 Å². The number of methoxy groups -OCH3 is 2. The molecule has 1 heterocycles. The fourth-order valence-corrected chi connectivity index (χ4v) is 3.39. The molecule has 1 saturated heterocycles. The highest BCUT2D eigenvalue weighted by atomic mass is 16.6. The summed E-state index contributed by atoms with van der Waals surface area (Å²) in [5.41, 5.74) is -0.293. The van der Waals surface area contributed by atoms with E-state index in [-0.39, 0.29) is 17.2 Å². The lowest BCUT2D eigenvalue weighted by Crippen LogP contribution is -2.72. The SMILES string of the molecule is [B][C@@H]1O[C@@]2(COC)CC(C)(OC)C2CC1C. The molecule has 1 aliphatic heterocycles. The molecule has 2 radical (unpaired) electrons.